The smallest absolute Gasteiger partial charge is 0.316 e. The van der Waals surface area contributed by atoms with E-state index in [1.54, 1.807) is 30.6 Å². The van der Waals surface area contributed by atoms with E-state index in [9.17, 15) is 9.59 Å². The molecule has 0 atom stereocenters. The van der Waals surface area contributed by atoms with Gasteiger partial charge in [0.05, 0.1) is 0 Å². The topological polar surface area (TPSA) is 72.4 Å². The van der Waals surface area contributed by atoms with E-state index in [1.807, 2.05) is 23.1 Å². The third-order valence-corrected chi connectivity index (χ3v) is 4.27. The molecule has 1 fully saturated rings. The number of piperidine rings is 1. The third-order valence-electron chi connectivity index (χ3n) is 4.27. The molecule has 0 saturated carbocycles. The summed E-state index contributed by atoms with van der Waals surface area (Å²) in [5, 5.41) is 0. The maximum Gasteiger partial charge on any atom is 0.316 e. The number of Topliss-reactive ketones (excluding diaryl/α,β-unsaturated/α-hetero) is 1. The second kappa shape index (κ2) is 8.37. The van der Waals surface area contributed by atoms with Crippen LogP contribution in [-0.2, 0) is 4.79 Å². The van der Waals surface area contributed by atoms with Crippen LogP contribution in [-0.4, -0.2) is 45.8 Å². The first-order valence-electron chi connectivity index (χ1n) is 8.52. The maximum absolute atomic E-state index is 12.3. The number of likely N-dealkylation sites (tertiary alicyclic amines) is 1. The Hall–Kier alpha value is -2.76. The van der Waals surface area contributed by atoms with Gasteiger partial charge in [0.1, 0.15) is 6.10 Å². The first-order chi connectivity index (χ1) is 12.2. The minimum atomic E-state index is 0.00777. The van der Waals surface area contributed by atoms with Crippen molar-refractivity contribution >= 4 is 11.7 Å². The summed E-state index contributed by atoms with van der Waals surface area (Å²) >= 11 is 0. The van der Waals surface area contributed by atoms with Gasteiger partial charge in [0.2, 0.25) is 5.91 Å². The molecule has 6 nitrogen and oxygen atoms in total. The maximum atomic E-state index is 12.3. The van der Waals surface area contributed by atoms with Gasteiger partial charge in [-0.15, -0.1) is 0 Å². The lowest BCUT2D eigenvalue weighted by atomic mass is 10.0. The number of nitrogens with zero attached hydrogens (tertiary/aromatic N) is 3. The highest BCUT2D eigenvalue weighted by Crippen LogP contribution is 2.17. The normalized spacial score (nSPS) is 15.0. The van der Waals surface area contributed by atoms with Crippen molar-refractivity contribution in [2.75, 3.05) is 13.1 Å². The predicted molar refractivity (Wildman–Crippen MR) is 92.3 cm³/mol. The number of carbonyl (C=O) groups is 2. The molecular formula is C19H21N3O3. The number of ether oxygens (including phenoxy) is 1. The zero-order valence-electron chi connectivity index (χ0n) is 14.0. The summed E-state index contributed by atoms with van der Waals surface area (Å²) in [7, 11) is 0. The molecular weight excluding hydrogens is 318 g/mol. The van der Waals surface area contributed by atoms with E-state index < -0.39 is 0 Å². The van der Waals surface area contributed by atoms with Gasteiger partial charge in [-0.3, -0.25) is 9.59 Å². The van der Waals surface area contributed by atoms with E-state index in [2.05, 4.69) is 9.97 Å². The highest BCUT2D eigenvalue weighted by atomic mass is 16.5. The van der Waals surface area contributed by atoms with Gasteiger partial charge in [0, 0.05) is 56.7 Å². The van der Waals surface area contributed by atoms with Crippen LogP contribution in [0.4, 0.5) is 0 Å². The molecule has 1 aromatic heterocycles. The molecule has 1 aliphatic heterocycles. The van der Waals surface area contributed by atoms with Crippen LogP contribution in [0.1, 0.15) is 36.0 Å². The quantitative estimate of drug-likeness (QED) is 0.756. The number of amides is 1. The van der Waals surface area contributed by atoms with Crippen LogP contribution in [0.3, 0.4) is 0 Å². The first-order valence-corrected chi connectivity index (χ1v) is 8.52. The summed E-state index contributed by atoms with van der Waals surface area (Å²) in [4.78, 5) is 34.3. The van der Waals surface area contributed by atoms with Crippen LogP contribution in [0.15, 0.2) is 48.8 Å². The highest BCUT2D eigenvalue weighted by molar-refractivity contribution is 5.97. The van der Waals surface area contributed by atoms with E-state index in [1.165, 1.54) is 0 Å². The Bertz CT molecular complexity index is 698. The average molecular weight is 339 g/mol. The van der Waals surface area contributed by atoms with Crippen molar-refractivity contribution < 1.29 is 14.3 Å². The van der Waals surface area contributed by atoms with E-state index in [0.717, 1.165) is 12.8 Å². The standard InChI is InChI=1S/C19H21N3O3/c23-17(15-5-2-1-3-6-15)7-8-18(24)22-13-9-16(10-14-22)25-19-20-11-4-12-21-19/h1-6,11-12,16H,7-10,13-14H2. The van der Waals surface area contributed by atoms with Crippen molar-refractivity contribution in [3.8, 4) is 6.01 Å². The molecule has 25 heavy (non-hydrogen) atoms. The summed E-state index contributed by atoms with van der Waals surface area (Å²) in [5.41, 5.74) is 0.658. The second-order valence-electron chi connectivity index (χ2n) is 6.02. The highest BCUT2D eigenvalue weighted by Gasteiger charge is 2.24. The van der Waals surface area contributed by atoms with Crippen LogP contribution in [0.2, 0.25) is 0 Å². The number of aromatic nitrogens is 2. The van der Waals surface area contributed by atoms with Gasteiger partial charge in [0.25, 0.3) is 0 Å². The molecule has 1 amide bonds. The number of benzene rings is 1. The first kappa shape index (κ1) is 17.1. The molecule has 0 aliphatic carbocycles. The Labute approximate surface area is 146 Å². The summed E-state index contributed by atoms with van der Waals surface area (Å²) in [6.45, 7) is 1.27. The van der Waals surface area contributed by atoms with Crippen molar-refractivity contribution in [3.05, 3.63) is 54.4 Å². The largest absolute Gasteiger partial charge is 0.460 e. The zero-order chi connectivity index (χ0) is 17.5. The fourth-order valence-corrected chi connectivity index (χ4v) is 2.87. The SMILES string of the molecule is O=C(CCC(=O)N1CCC(Oc2ncccn2)CC1)c1ccccc1. The molecule has 0 N–H and O–H groups in total. The fraction of sp³-hybridized carbons (Fsp3) is 0.368. The summed E-state index contributed by atoms with van der Waals surface area (Å²) in [6.07, 6.45) is 5.30. The molecule has 3 rings (SSSR count). The minimum absolute atomic E-state index is 0.00777. The van der Waals surface area contributed by atoms with E-state index >= 15 is 0 Å². The van der Waals surface area contributed by atoms with Crippen LogP contribution < -0.4 is 4.74 Å². The minimum Gasteiger partial charge on any atom is -0.460 e. The van der Waals surface area contributed by atoms with Crippen molar-refractivity contribution in [3.63, 3.8) is 0 Å². The molecule has 2 heterocycles. The van der Waals surface area contributed by atoms with Crippen molar-refractivity contribution in [2.24, 2.45) is 0 Å². The predicted octanol–water partition coefficient (Wildman–Crippen LogP) is 2.51. The van der Waals surface area contributed by atoms with E-state index in [4.69, 9.17) is 4.74 Å². The second-order valence-corrected chi connectivity index (χ2v) is 6.02. The van der Waals surface area contributed by atoms with Gasteiger partial charge in [-0.1, -0.05) is 30.3 Å². The Morgan fingerprint density at radius 3 is 2.36 bits per heavy atom. The number of hydrogen-bond acceptors (Lipinski definition) is 5. The molecule has 2 aromatic rings. The van der Waals surface area contributed by atoms with E-state index in [-0.39, 0.29) is 30.6 Å². The monoisotopic (exact) mass is 339 g/mol. The summed E-state index contributed by atoms with van der Waals surface area (Å²) in [5.74, 6) is 0.0343. The Morgan fingerprint density at radius 1 is 1.00 bits per heavy atom. The molecule has 0 spiro atoms. The van der Waals surface area contributed by atoms with Gasteiger partial charge < -0.3 is 9.64 Å². The van der Waals surface area contributed by atoms with Crippen LogP contribution in [0, 0.1) is 0 Å². The van der Waals surface area contributed by atoms with Gasteiger partial charge >= 0.3 is 6.01 Å². The molecule has 1 saturated heterocycles. The fourth-order valence-electron chi connectivity index (χ4n) is 2.87. The van der Waals surface area contributed by atoms with Gasteiger partial charge in [-0.2, -0.15) is 0 Å². The van der Waals surface area contributed by atoms with E-state index in [0.29, 0.717) is 24.7 Å². The number of hydrogen-bond donors (Lipinski definition) is 0. The number of carbonyl (C=O) groups excluding carboxylic acids is 2. The van der Waals surface area contributed by atoms with Crippen molar-refractivity contribution in [1.29, 1.82) is 0 Å². The molecule has 130 valence electrons. The summed E-state index contributed by atoms with van der Waals surface area (Å²) in [6, 6.07) is 11.2. The van der Waals surface area contributed by atoms with Gasteiger partial charge in [-0.05, 0) is 6.07 Å². The molecule has 1 aromatic carbocycles. The Balaban J connectivity index is 1.42. The lowest BCUT2D eigenvalue weighted by molar-refractivity contribution is -0.133. The van der Waals surface area contributed by atoms with Crippen molar-refractivity contribution in [2.45, 2.75) is 31.8 Å². The lowest BCUT2D eigenvalue weighted by Gasteiger charge is -2.31. The van der Waals surface area contributed by atoms with Crippen LogP contribution >= 0.6 is 0 Å². The molecule has 6 heteroatoms. The van der Waals surface area contributed by atoms with Gasteiger partial charge in [-0.25, -0.2) is 9.97 Å². The van der Waals surface area contributed by atoms with Gasteiger partial charge in [0.15, 0.2) is 5.78 Å². The number of ketones is 1. The lowest BCUT2D eigenvalue weighted by Crippen LogP contribution is -2.42. The molecule has 1 aliphatic rings. The summed E-state index contributed by atoms with van der Waals surface area (Å²) < 4.78 is 5.73. The average Bonchev–Trinajstić information content (AvgIpc) is 2.68. The Morgan fingerprint density at radius 2 is 1.68 bits per heavy atom. The number of rotatable bonds is 6. The Kier molecular flexibility index (Phi) is 5.72. The van der Waals surface area contributed by atoms with Crippen molar-refractivity contribution in [1.82, 2.24) is 14.9 Å². The molecule has 0 bridgehead atoms. The van der Waals surface area contributed by atoms with Crippen LogP contribution in [0.25, 0.3) is 0 Å². The molecule has 0 radical (unpaired) electrons. The van der Waals surface area contributed by atoms with Crippen LogP contribution in [0.5, 0.6) is 6.01 Å². The molecule has 0 unspecified atom stereocenters. The third kappa shape index (κ3) is 4.86. The zero-order valence-corrected chi connectivity index (χ0v) is 14.0.